The Morgan fingerprint density at radius 1 is 1.47 bits per heavy atom. The predicted octanol–water partition coefficient (Wildman–Crippen LogP) is 1.19. The van der Waals surface area contributed by atoms with E-state index >= 15 is 0 Å². The van der Waals surface area contributed by atoms with E-state index in [9.17, 15) is 0 Å². The van der Waals surface area contributed by atoms with Crippen LogP contribution in [0, 0.1) is 0 Å². The maximum absolute atomic E-state index is 5.88. The molecule has 0 aliphatic heterocycles. The molecule has 1 saturated carbocycles. The topological polar surface area (TPSA) is 41.3 Å². The Morgan fingerprint density at radius 2 is 2.20 bits per heavy atom. The van der Waals surface area contributed by atoms with Gasteiger partial charge < -0.3 is 16.0 Å². The summed E-state index contributed by atoms with van der Waals surface area (Å²) in [5.41, 5.74) is 5.88. The van der Waals surface area contributed by atoms with Gasteiger partial charge >= 0.3 is 0 Å². The highest BCUT2D eigenvalue weighted by atomic mass is 15.1. The first-order valence-electron chi connectivity index (χ1n) is 6.32. The molecule has 0 saturated heterocycles. The minimum atomic E-state index is 0.440. The molecule has 0 aromatic heterocycles. The van der Waals surface area contributed by atoms with Gasteiger partial charge in [-0.2, -0.15) is 0 Å². The van der Waals surface area contributed by atoms with Crippen molar-refractivity contribution < 1.29 is 0 Å². The number of rotatable bonds is 6. The molecule has 0 bridgehead atoms. The minimum Gasteiger partial charge on any atom is -0.328 e. The molecule has 0 radical (unpaired) electrons. The van der Waals surface area contributed by atoms with Gasteiger partial charge in [0.1, 0.15) is 0 Å². The summed E-state index contributed by atoms with van der Waals surface area (Å²) in [5.74, 6) is 0. The molecular weight excluding hydrogens is 186 g/mol. The van der Waals surface area contributed by atoms with Crippen LogP contribution in [0.1, 0.15) is 39.5 Å². The minimum absolute atomic E-state index is 0.440. The lowest BCUT2D eigenvalue weighted by Gasteiger charge is -2.24. The summed E-state index contributed by atoms with van der Waals surface area (Å²) >= 11 is 0. The van der Waals surface area contributed by atoms with Crippen molar-refractivity contribution in [2.24, 2.45) is 5.73 Å². The molecule has 1 aliphatic rings. The summed E-state index contributed by atoms with van der Waals surface area (Å²) in [6.07, 6.45) is 4.84. The summed E-state index contributed by atoms with van der Waals surface area (Å²) in [7, 11) is 2.20. The van der Waals surface area contributed by atoms with Gasteiger partial charge in [0.05, 0.1) is 0 Å². The number of nitrogens with zero attached hydrogens (tertiary/aromatic N) is 1. The molecule has 0 aromatic rings. The Morgan fingerprint density at radius 3 is 2.73 bits per heavy atom. The Hall–Kier alpha value is -0.120. The van der Waals surface area contributed by atoms with Gasteiger partial charge in [-0.25, -0.2) is 0 Å². The average Bonchev–Trinajstić information content (AvgIpc) is 2.63. The summed E-state index contributed by atoms with van der Waals surface area (Å²) in [6.45, 7) is 6.76. The van der Waals surface area contributed by atoms with E-state index in [-0.39, 0.29) is 0 Å². The van der Waals surface area contributed by atoms with Crippen molar-refractivity contribution in [3.8, 4) is 0 Å². The molecule has 3 N–H and O–H groups in total. The summed E-state index contributed by atoms with van der Waals surface area (Å²) in [4.78, 5) is 2.42. The van der Waals surface area contributed by atoms with Crippen LogP contribution in [-0.2, 0) is 0 Å². The lowest BCUT2D eigenvalue weighted by Crippen LogP contribution is -2.38. The second-order valence-electron chi connectivity index (χ2n) is 4.96. The molecule has 15 heavy (non-hydrogen) atoms. The van der Waals surface area contributed by atoms with Crippen LogP contribution in [0.25, 0.3) is 0 Å². The van der Waals surface area contributed by atoms with E-state index in [1.54, 1.807) is 0 Å². The van der Waals surface area contributed by atoms with E-state index in [1.165, 1.54) is 19.3 Å². The first kappa shape index (κ1) is 12.9. The molecule has 0 aromatic carbocycles. The van der Waals surface area contributed by atoms with Gasteiger partial charge in [-0.15, -0.1) is 0 Å². The van der Waals surface area contributed by atoms with Crippen LogP contribution in [0.4, 0.5) is 0 Å². The van der Waals surface area contributed by atoms with Crippen LogP contribution in [0.5, 0.6) is 0 Å². The number of likely N-dealkylation sites (N-methyl/N-ethyl adjacent to an activating group) is 1. The number of hydrogen-bond acceptors (Lipinski definition) is 3. The summed E-state index contributed by atoms with van der Waals surface area (Å²) in [6, 6.07) is 1.80. The van der Waals surface area contributed by atoms with Crippen LogP contribution in [0.15, 0.2) is 0 Å². The second kappa shape index (κ2) is 6.46. The van der Waals surface area contributed by atoms with Crippen molar-refractivity contribution in [3.05, 3.63) is 0 Å². The van der Waals surface area contributed by atoms with Gasteiger partial charge in [0, 0.05) is 31.2 Å². The van der Waals surface area contributed by atoms with Crippen LogP contribution >= 0.6 is 0 Å². The number of nitrogens with one attached hydrogen (secondary N) is 1. The Labute approximate surface area is 94.4 Å². The zero-order chi connectivity index (χ0) is 11.3. The molecule has 3 nitrogen and oxygen atoms in total. The maximum Gasteiger partial charge on any atom is 0.0107 e. The lowest BCUT2D eigenvalue weighted by molar-refractivity contribution is 0.248. The van der Waals surface area contributed by atoms with E-state index in [0.717, 1.165) is 19.5 Å². The first-order valence-corrected chi connectivity index (χ1v) is 6.32. The van der Waals surface area contributed by atoms with E-state index < -0.39 is 0 Å². The monoisotopic (exact) mass is 213 g/mol. The fourth-order valence-corrected chi connectivity index (χ4v) is 2.18. The highest BCUT2D eigenvalue weighted by Crippen LogP contribution is 2.16. The average molecular weight is 213 g/mol. The summed E-state index contributed by atoms with van der Waals surface area (Å²) < 4.78 is 0. The van der Waals surface area contributed by atoms with Crippen LogP contribution in [0.3, 0.4) is 0 Å². The van der Waals surface area contributed by atoms with Crippen molar-refractivity contribution in [3.63, 3.8) is 0 Å². The van der Waals surface area contributed by atoms with Gasteiger partial charge in [-0.3, -0.25) is 0 Å². The zero-order valence-electron chi connectivity index (χ0n) is 10.5. The second-order valence-corrected chi connectivity index (χ2v) is 4.96. The molecule has 90 valence electrons. The Kier molecular flexibility index (Phi) is 5.58. The molecule has 3 atom stereocenters. The van der Waals surface area contributed by atoms with Crippen LogP contribution < -0.4 is 11.1 Å². The molecule has 3 unspecified atom stereocenters. The molecule has 1 rings (SSSR count). The Balaban J connectivity index is 2.06. The van der Waals surface area contributed by atoms with Crippen LogP contribution in [-0.4, -0.2) is 43.2 Å². The van der Waals surface area contributed by atoms with Gasteiger partial charge in [-0.1, -0.05) is 6.92 Å². The highest BCUT2D eigenvalue weighted by Gasteiger charge is 2.20. The van der Waals surface area contributed by atoms with Gasteiger partial charge in [-0.05, 0) is 39.7 Å². The third-order valence-corrected chi connectivity index (χ3v) is 3.71. The van der Waals surface area contributed by atoms with Crippen molar-refractivity contribution >= 4 is 0 Å². The molecule has 1 fully saturated rings. The zero-order valence-corrected chi connectivity index (χ0v) is 10.5. The predicted molar refractivity (Wildman–Crippen MR) is 66.0 cm³/mol. The number of hydrogen-bond donors (Lipinski definition) is 2. The van der Waals surface area contributed by atoms with Crippen molar-refractivity contribution in [2.75, 3.05) is 20.1 Å². The number of nitrogens with two attached hydrogens (primary N) is 1. The normalized spacial score (nSPS) is 28.6. The third-order valence-electron chi connectivity index (χ3n) is 3.71. The van der Waals surface area contributed by atoms with E-state index in [1.807, 2.05) is 0 Å². The van der Waals surface area contributed by atoms with Crippen molar-refractivity contribution in [1.29, 1.82) is 0 Å². The van der Waals surface area contributed by atoms with E-state index in [4.69, 9.17) is 5.73 Å². The quantitative estimate of drug-likeness (QED) is 0.696. The van der Waals surface area contributed by atoms with E-state index in [0.29, 0.717) is 18.1 Å². The molecule has 0 amide bonds. The highest BCUT2D eigenvalue weighted by molar-refractivity contribution is 4.82. The molecule has 0 heterocycles. The Bertz CT molecular complexity index is 170. The van der Waals surface area contributed by atoms with Crippen molar-refractivity contribution in [1.82, 2.24) is 10.2 Å². The molecule has 1 aliphatic carbocycles. The molecule has 3 heteroatoms. The summed E-state index contributed by atoms with van der Waals surface area (Å²) in [5, 5.41) is 3.60. The van der Waals surface area contributed by atoms with Gasteiger partial charge in [0.25, 0.3) is 0 Å². The standard InChI is InChI=1S/C12H27N3/c1-4-10(2)15(3)8-7-14-12-6-5-11(13)9-12/h10-12,14H,4-9,13H2,1-3H3. The van der Waals surface area contributed by atoms with Crippen LogP contribution in [0.2, 0.25) is 0 Å². The molecule has 0 spiro atoms. The van der Waals surface area contributed by atoms with Gasteiger partial charge in [0.15, 0.2) is 0 Å². The van der Waals surface area contributed by atoms with Crippen molar-refractivity contribution in [2.45, 2.75) is 57.7 Å². The first-order chi connectivity index (χ1) is 7.13. The smallest absolute Gasteiger partial charge is 0.0107 e. The lowest BCUT2D eigenvalue weighted by atomic mass is 10.2. The molecular formula is C12H27N3. The maximum atomic E-state index is 5.88. The SMILES string of the molecule is CCC(C)N(C)CCNC1CCC(N)C1. The fourth-order valence-electron chi connectivity index (χ4n) is 2.18. The van der Waals surface area contributed by atoms with Gasteiger partial charge in [0.2, 0.25) is 0 Å². The largest absolute Gasteiger partial charge is 0.328 e. The fraction of sp³-hybridized carbons (Fsp3) is 1.00. The third kappa shape index (κ3) is 4.49. The van der Waals surface area contributed by atoms with E-state index in [2.05, 4.69) is 31.1 Å².